The molecular formula is C29H36O3. The van der Waals surface area contributed by atoms with Gasteiger partial charge in [-0.1, -0.05) is 56.3 Å². The summed E-state index contributed by atoms with van der Waals surface area (Å²) in [4.78, 5) is 0. The quantitative estimate of drug-likeness (QED) is 0.289. The molecule has 0 N–H and O–H groups in total. The zero-order chi connectivity index (χ0) is 22.6. The van der Waals surface area contributed by atoms with Gasteiger partial charge < -0.3 is 14.2 Å². The van der Waals surface area contributed by atoms with Gasteiger partial charge >= 0.3 is 0 Å². The maximum atomic E-state index is 6.02. The van der Waals surface area contributed by atoms with Crippen molar-refractivity contribution in [2.24, 2.45) is 0 Å². The Balaban J connectivity index is 1.56. The van der Waals surface area contributed by atoms with Gasteiger partial charge in [-0.3, -0.25) is 0 Å². The fourth-order valence-electron chi connectivity index (χ4n) is 4.30. The molecule has 2 fully saturated rings. The van der Waals surface area contributed by atoms with Crippen LogP contribution < -0.4 is 4.74 Å². The standard InChI is InChI=1S/C29H36O3/c1-5-8-22-16-24(13-12-21(22)10-7-11-26-18-30-26)29(3,4)25-14-15-28(23(17-25)9-6-2)32-20-27-19-31-27/h5-6,12-17,26-27H,1-2,7-11,18-20H2,3-4H3/t26?,27-/m1/s1. The Kier molecular flexibility index (Phi) is 7.17. The number of allylic oxidation sites excluding steroid dienone is 2. The van der Waals surface area contributed by atoms with Crippen LogP contribution in [0.15, 0.2) is 61.7 Å². The van der Waals surface area contributed by atoms with Crippen LogP contribution in [0, 0.1) is 0 Å². The Morgan fingerprint density at radius 1 is 0.906 bits per heavy atom. The van der Waals surface area contributed by atoms with E-state index in [0.29, 0.717) is 12.7 Å². The zero-order valence-electron chi connectivity index (χ0n) is 19.6. The van der Waals surface area contributed by atoms with Crippen molar-refractivity contribution in [1.82, 2.24) is 0 Å². The molecule has 2 heterocycles. The first kappa shape index (κ1) is 22.8. The number of rotatable bonds is 13. The van der Waals surface area contributed by atoms with Gasteiger partial charge in [0, 0.05) is 5.41 Å². The van der Waals surface area contributed by atoms with E-state index in [1.165, 1.54) is 34.2 Å². The second kappa shape index (κ2) is 10.1. The molecule has 170 valence electrons. The number of epoxide rings is 2. The summed E-state index contributed by atoms with van der Waals surface area (Å²) in [7, 11) is 0. The minimum Gasteiger partial charge on any atom is -0.490 e. The maximum Gasteiger partial charge on any atom is 0.122 e. The Hall–Kier alpha value is -2.36. The third kappa shape index (κ3) is 5.70. The van der Waals surface area contributed by atoms with Gasteiger partial charge in [-0.05, 0) is 66.0 Å². The van der Waals surface area contributed by atoms with Crippen molar-refractivity contribution in [2.75, 3.05) is 19.8 Å². The smallest absolute Gasteiger partial charge is 0.122 e. The molecule has 2 saturated heterocycles. The van der Waals surface area contributed by atoms with Crippen molar-refractivity contribution in [1.29, 1.82) is 0 Å². The predicted molar refractivity (Wildman–Crippen MR) is 131 cm³/mol. The first-order chi connectivity index (χ1) is 15.5. The monoisotopic (exact) mass is 432 g/mol. The zero-order valence-corrected chi connectivity index (χ0v) is 19.6. The molecule has 2 aromatic carbocycles. The van der Waals surface area contributed by atoms with Gasteiger partial charge in [0.25, 0.3) is 0 Å². The van der Waals surface area contributed by atoms with E-state index in [1.54, 1.807) is 0 Å². The van der Waals surface area contributed by atoms with Crippen molar-refractivity contribution in [2.45, 2.75) is 63.6 Å². The summed E-state index contributed by atoms with van der Waals surface area (Å²) in [6, 6.07) is 13.6. The summed E-state index contributed by atoms with van der Waals surface area (Å²) in [5, 5.41) is 0. The first-order valence-electron chi connectivity index (χ1n) is 11.8. The van der Waals surface area contributed by atoms with Gasteiger partial charge in [-0.2, -0.15) is 0 Å². The normalized spacial score (nSPS) is 19.4. The van der Waals surface area contributed by atoms with E-state index in [-0.39, 0.29) is 11.5 Å². The van der Waals surface area contributed by atoms with Crippen molar-refractivity contribution in [3.63, 3.8) is 0 Å². The number of ether oxygens (including phenoxy) is 3. The summed E-state index contributed by atoms with van der Waals surface area (Å²) in [5.41, 5.74) is 6.49. The Labute approximate surface area is 193 Å². The molecule has 0 aliphatic carbocycles. The van der Waals surface area contributed by atoms with Gasteiger partial charge in [0.2, 0.25) is 0 Å². The molecule has 0 bridgehead atoms. The van der Waals surface area contributed by atoms with Crippen LogP contribution in [0.1, 0.15) is 54.5 Å². The second-order valence-electron chi connectivity index (χ2n) is 9.53. The molecule has 0 spiro atoms. The summed E-state index contributed by atoms with van der Waals surface area (Å²) < 4.78 is 16.7. The third-order valence-electron chi connectivity index (χ3n) is 6.64. The molecule has 2 aromatic rings. The van der Waals surface area contributed by atoms with Gasteiger partial charge in [0.1, 0.15) is 18.5 Å². The lowest BCUT2D eigenvalue weighted by Crippen LogP contribution is -2.20. The second-order valence-corrected chi connectivity index (χ2v) is 9.53. The van der Waals surface area contributed by atoms with Crippen molar-refractivity contribution < 1.29 is 14.2 Å². The molecular weight excluding hydrogens is 396 g/mol. The Morgan fingerprint density at radius 2 is 1.53 bits per heavy atom. The summed E-state index contributed by atoms with van der Waals surface area (Å²) in [6.07, 6.45) is 9.83. The molecule has 3 heteroatoms. The molecule has 0 radical (unpaired) electrons. The van der Waals surface area contributed by atoms with Crippen LogP contribution in [0.5, 0.6) is 5.75 Å². The van der Waals surface area contributed by atoms with E-state index in [4.69, 9.17) is 14.2 Å². The minimum absolute atomic E-state index is 0.121. The summed E-state index contributed by atoms with van der Waals surface area (Å²) in [5.74, 6) is 0.933. The fraction of sp³-hybridized carbons (Fsp3) is 0.448. The highest BCUT2D eigenvalue weighted by Gasteiger charge is 2.27. The lowest BCUT2D eigenvalue weighted by molar-refractivity contribution is 0.261. The molecule has 0 saturated carbocycles. The van der Waals surface area contributed by atoms with Crippen molar-refractivity contribution in [3.8, 4) is 5.75 Å². The lowest BCUT2D eigenvalue weighted by Gasteiger charge is -2.28. The van der Waals surface area contributed by atoms with Crippen LogP contribution in [-0.2, 0) is 34.2 Å². The Morgan fingerprint density at radius 3 is 2.19 bits per heavy atom. The molecule has 3 nitrogen and oxygen atoms in total. The molecule has 0 amide bonds. The number of benzene rings is 2. The molecule has 4 rings (SSSR count). The van der Waals surface area contributed by atoms with Crippen LogP contribution in [-0.4, -0.2) is 32.0 Å². The van der Waals surface area contributed by atoms with Crippen LogP contribution in [0.4, 0.5) is 0 Å². The molecule has 2 aliphatic heterocycles. The highest BCUT2D eigenvalue weighted by molar-refractivity contribution is 5.47. The summed E-state index contributed by atoms with van der Waals surface area (Å²) >= 11 is 0. The first-order valence-corrected chi connectivity index (χ1v) is 11.8. The average Bonchev–Trinajstić information content (AvgIpc) is 3.69. The van der Waals surface area contributed by atoms with Crippen LogP contribution in [0.3, 0.4) is 0 Å². The highest BCUT2D eigenvalue weighted by Crippen LogP contribution is 2.36. The van der Waals surface area contributed by atoms with Crippen molar-refractivity contribution in [3.05, 3.63) is 89.5 Å². The number of aryl methyl sites for hydroxylation is 1. The fourth-order valence-corrected chi connectivity index (χ4v) is 4.30. The van der Waals surface area contributed by atoms with E-state index in [9.17, 15) is 0 Å². The highest BCUT2D eigenvalue weighted by atomic mass is 16.6. The van der Waals surface area contributed by atoms with E-state index in [1.807, 2.05) is 12.2 Å². The number of hydrogen-bond acceptors (Lipinski definition) is 3. The molecule has 2 atom stereocenters. The van der Waals surface area contributed by atoms with Crippen molar-refractivity contribution >= 4 is 0 Å². The topological polar surface area (TPSA) is 34.3 Å². The predicted octanol–water partition coefficient (Wildman–Crippen LogP) is 5.97. The van der Waals surface area contributed by atoms with Crippen LogP contribution in [0.25, 0.3) is 0 Å². The van der Waals surface area contributed by atoms with Crippen LogP contribution in [0.2, 0.25) is 0 Å². The summed E-state index contributed by atoms with van der Waals surface area (Å²) in [6.45, 7) is 14.9. The van der Waals surface area contributed by atoms with E-state index >= 15 is 0 Å². The minimum atomic E-state index is -0.121. The van der Waals surface area contributed by atoms with E-state index in [0.717, 1.165) is 44.6 Å². The average molecular weight is 433 g/mol. The van der Waals surface area contributed by atoms with Gasteiger partial charge in [-0.25, -0.2) is 0 Å². The molecule has 32 heavy (non-hydrogen) atoms. The number of hydrogen-bond donors (Lipinski definition) is 0. The van der Waals surface area contributed by atoms with Gasteiger partial charge in [0.05, 0.1) is 19.3 Å². The van der Waals surface area contributed by atoms with Crippen LogP contribution >= 0.6 is 0 Å². The molecule has 2 aliphatic rings. The van der Waals surface area contributed by atoms with E-state index in [2.05, 4.69) is 63.4 Å². The molecule has 1 unspecified atom stereocenters. The van der Waals surface area contributed by atoms with Gasteiger partial charge in [-0.15, -0.1) is 13.2 Å². The maximum absolute atomic E-state index is 6.02. The lowest BCUT2D eigenvalue weighted by atomic mass is 9.76. The van der Waals surface area contributed by atoms with E-state index < -0.39 is 0 Å². The third-order valence-corrected chi connectivity index (χ3v) is 6.64. The Bertz CT molecular complexity index is 951. The van der Waals surface area contributed by atoms with Gasteiger partial charge in [0.15, 0.2) is 0 Å². The largest absolute Gasteiger partial charge is 0.490 e. The SMILES string of the molecule is C=CCc1cc(C(C)(C)c2ccc(OC[C@H]3CO3)c(CC=C)c2)ccc1CCCC1CO1. The molecule has 0 aromatic heterocycles.